The molecule has 7 nitrogen and oxygen atoms in total. The van der Waals surface area contributed by atoms with Gasteiger partial charge in [0.25, 0.3) is 0 Å². The van der Waals surface area contributed by atoms with E-state index in [0.29, 0.717) is 16.8 Å². The highest BCUT2D eigenvalue weighted by Gasteiger charge is 2.24. The van der Waals surface area contributed by atoms with Gasteiger partial charge in [0.05, 0.1) is 16.3 Å². The summed E-state index contributed by atoms with van der Waals surface area (Å²) in [5.41, 5.74) is 5.80. The molecule has 0 spiro atoms. The van der Waals surface area contributed by atoms with Gasteiger partial charge in [0.15, 0.2) is 5.16 Å². The number of aromatic nitrogens is 2. The fourth-order valence-corrected chi connectivity index (χ4v) is 5.40. The number of thiophene rings is 1. The predicted octanol–water partition coefficient (Wildman–Crippen LogP) is 2.86. The molecule has 2 rings (SSSR count). The van der Waals surface area contributed by atoms with Gasteiger partial charge in [-0.3, -0.25) is 4.79 Å². The first-order valence-corrected chi connectivity index (χ1v) is 11.4. The Morgan fingerprint density at radius 3 is 2.73 bits per heavy atom. The second kappa shape index (κ2) is 9.03. The highest BCUT2D eigenvalue weighted by molar-refractivity contribution is 7.99. The molecule has 142 valence electrons. The summed E-state index contributed by atoms with van der Waals surface area (Å²) in [6.45, 7) is 4.77. The first-order chi connectivity index (χ1) is 12.2. The summed E-state index contributed by atoms with van der Waals surface area (Å²) in [4.78, 5) is 19.6. The maximum atomic E-state index is 12.5. The quantitative estimate of drug-likeness (QED) is 0.484. The Labute approximate surface area is 165 Å². The average molecular weight is 435 g/mol. The largest absolute Gasteiger partial charge is 0.382 e. The number of hydrogen-bond donors (Lipinski definition) is 2. The van der Waals surface area contributed by atoms with E-state index in [1.54, 1.807) is 0 Å². The van der Waals surface area contributed by atoms with E-state index in [1.807, 2.05) is 0 Å². The zero-order valence-corrected chi connectivity index (χ0v) is 17.4. The summed E-state index contributed by atoms with van der Waals surface area (Å²) in [5, 5.41) is 3.05. The summed E-state index contributed by atoms with van der Waals surface area (Å²) in [7, 11) is -3.82. The molecule has 2 heterocycles. The molecule has 0 saturated carbocycles. The van der Waals surface area contributed by atoms with Gasteiger partial charge in [-0.1, -0.05) is 37.2 Å². The van der Waals surface area contributed by atoms with Gasteiger partial charge in [0.2, 0.25) is 15.7 Å². The standard InChI is InChI=1S/C15H19ClN4O3S3/c1-9(2)5-6-18-12(21)8-24-15-19-7-10(14(17)20-15)26(22,23)13-4-3-11(16)25-13/h3-4,7,9H,5-6,8H2,1-2H3,(H,18,21)(H2,17,19,20). The van der Waals surface area contributed by atoms with Crippen molar-refractivity contribution in [2.75, 3.05) is 18.0 Å². The first kappa shape index (κ1) is 20.9. The molecule has 0 aromatic carbocycles. The summed E-state index contributed by atoms with van der Waals surface area (Å²) < 4.78 is 25.5. The zero-order chi connectivity index (χ0) is 19.3. The Bertz CT molecular complexity index is 884. The van der Waals surface area contributed by atoms with Crippen LogP contribution in [-0.4, -0.2) is 36.6 Å². The minimum Gasteiger partial charge on any atom is -0.382 e. The third kappa shape index (κ3) is 5.57. The van der Waals surface area contributed by atoms with E-state index in [4.69, 9.17) is 17.3 Å². The molecule has 11 heteroatoms. The van der Waals surface area contributed by atoms with Crippen LogP contribution in [-0.2, 0) is 14.6 Å². The minimum absolute atomic E-state index is 0.0720. The summed E-state index contributed by atoms with van der Waals surface area (Å²) in [6, 6.07) is 2.91. The molecule has 0 aliphatic carbocycles. The van der Waals surface area contributed by atoms with Crippen molar-refractivity contribution in [1.29, 1.82) is 0 Å². The van der Waals surface area contributed by atoms with E-state index in [9.17, 15) is 13.2 Å². The number of anilines is 1. The zero-order valence-electron chi connectivity index (χ0n) is 14.2. The molecule has 3 N–H and O–H groups in total. The lowest BCUT2D eigenvalue weighted by Gasteiger charge is -2.08. The number of halogens is 1. The number of nitrogens with two attached hydrogens (primary N) is 1. The van der Waals surface area contributed by atoms with Crippen LogP contribution in [0, 0.1) is 5.92 Å². The highest BCUT2D eigenvalue weighted by atomic mass is 35.5. The SMILES string of the molecule is CC(C)CCNC(=O)CSc1ncc(S(=O)(=O)c2ccc(Cl)s2)c(N)n1. The van der Waals surface area contributed by atoms with Crippen LogP contribution in [0.5, 0.6) is 0 Å². The average Bonchev–Trinajstić information content (AvgIpc) is 3.00. The second-order valence-electron chi connectivity index (χ2n) is 5.79. The lowest BCUT2D eigenvalue weighted by molar-refractivity contribution is -0.118. The molecule has 2 aromatic rings. The molecule has 1 amide bonds. The van der Waals surface area contributed by atoms with Gasteiger partial charge < -0.3 is 11.1 Å². The van der Waals surface area contributed by atoms with Crippen LogP contribution >= 0.6 is 34.7 Å². The Kier molecular flexibility index (Phi) is 7.27. The molecule has 2 aromatic heterocycles. The number of amides is 1. The van der Waals surface area contributed by atoms with Gasteiger partial charge in [-0.25, -0.2) is 18.4 Å². The van der Waals surface area contributed by atoms with Crippen LogP contribution in [0.2, 0.25) is 4.34 Å². The van der Waals surface area contributed by atoms with E-state index in [1.165, 1.54) is 12.1 Å². The second-order valence-corrected chi connectivity index (χ2v) is 10.6. The van der Waals surface area contributed by atoms with E-state index in [2.05, 4.69) is 29.1 Å². The van der Waals surface area contributed by atoms with Gasteiger partial charge >= 0.3 is 0 Å². The van der Waals surface area contributed by atoms with Gasteiger partial charge in [-0.15, -0.1) is 11.3 Å². The normalized spacial score (nSPS) is 11.7. The third-order valence-corrected chi connectivity index (χ3v) is 7.59. The van der Waals surface area contributed by atoms with E-state index in [0.717, 1.165) is 35.7 Å². The number of rotatable bonds is 8. The predicted molar refractivity (Wildman–Crippen MR) is 104 cm³/mol. The van der Waals surface area contributed by atoms with Gasteiger partial charge in [-0.05, 0) is 24.5 Å². The van der Waals surface area contributed by atoms with Crippen molar-refractivity contribution in [2.45, 2.75) is 34.5 Å². The summed E-state index contributed by atoms with van der Waals surface area (Å²) >= 11 is 7.82. The fourth-order valence-electron chi connectivity index (χ4n) is 1.88. The van der Waals surface area contributed by atoms with Crippen molar-refractivity contribution in [3.63, 3.8) is 0 Å². The van der Waals surface area contributed by atoms with Crippen LogP contribution in [0.4, 0.5) is 5.82 Å². The molecule has 0 saturated heterocycles. The molecular weight excluding hydrogens is 416 g/mol. The fraction of sp³-hybridized carbons (Fsp3) is 0.400. The van der Waals surface area contributed by atoms with Crippen LogP contribution in [0.15, 0.2) is 32.6 Å². The first-order valence-electron chi connectivity index (χ1n) is 7.72. The number of nitrogen functional groups attached to an aromatic ring is 1. The highest BCUT2D eigenvalue weighted by Crippen LogP contribution is 2.32. The van der Waals surface area contributed by atoms with Gasteiger partial charge in [0.1, 0.15) is 14.9 Å². The molecule has 0 unspecified atom stereocenters. The number of carbonyl (C=O) groups is 1. The molecular formula is C15H19ClN4O3S3. The minimum atomic E-state index is -3.82. The summed E-state index contributed by atoms with van der Waals surface area (Å²) in [6.07, 6.45) is 2.06. The Morgan fingerprint density at radius 1 is 1.42 bits per heavy atom. The lowest BCUT2D eigenvalue weighted by Crippen LogP contribution is -2.27. The molecule has 0 bridgehead atoms. The molecule has 0 aliphatic heterocycles. The van der Waals surface area contributed by atoms with Crippen LogP contribution in [0.1, 0.15) is 20.3 Å². The van der Waals surface area contributed by atoms with Crippen molar-refractivity contribution in [3.05, 3.63) is 22.7 Å². The van der Waals surface area contributed by atoms with E-state index < -0.39 is 9.84 Å². The monoisotopic (exact) mass is 434 g/mol. The number of nitrogens with one attached hydrogen (secondary N) is 1. The van der Waals surface area contributed by atoms with E-state index in [-0.39, 0.29) is 31.7 Å². The van der Waals surface area contributed by atoms with Crippen LogP contribution < -0.4 is 11.1 Å². The molecule has 26 heavy (non-hydrogen) atoms. The Hall–Kier alpha value is -1.36. The maximum Gasteiger partial charge on any atom is 0.230 e. The third-order valence-electron chi connectivity index (χ3n) is 3.24. The summed E-state index contributed by atoms with van der Waals surface area (Å²) in [5.74, 6) is 0.346. The molecule has 0 aliphatic rings. The number of carbonyl (C=O) groups excluding carboxylic acids is 1. The van der Waals surface area contributed by atoms with Crippen LogP contribution in [0.25, 0.3) is 0 Å². The topological polar surface area (TPSA) is 115 Å². The maximum absolute atomic E-state index is 12.5. The van der Waals surface area contributed by atoms with Gasteiger partial charge in [0, 0.05) is 6.54 Å². The van der Waals surface area contributed by atoms with E-state index >= 15 is 0 Å². The molecule has 0 atom stereocenters. The van der Waals surface area contributed by atoms with Crippen molar-refractivity contribution < 1.29 is 13.2 Å². The lowest BCUT2D eigenvalue weighted by atomic mass is 10.1. The molecule has 0 radical (unpaired) electrons. The van der Waals surface area contributed by atoms with Crippen LogP contribution in [0.3, 0.4) is 0 Å². The van der Waals surface area contributed by atoms with Crippen molar-refractivity contribution in [1.82, 2.24) is 15.3 Å². The Morgan fingerprint density at radius 2 is 2.15 bits per heavy atom. The number of thioether (sulfide) groups is 1. The number of hydrogen-bond acceptors (Lipinski definition) is 8. The molecule has 0 fully saturated rings. The smallest absolute Gasteiger partial charge is 0.230 e. The van der Waals surface area contributed by atoms with Crippen molar-refractivity contribution >= 4 is 56.3 Å². The number of nitrogens with zero attached hydrogens (tertiary/aromatic N) is 2. The van der Waals surface area contributed by atoms with Crippen molar-refractivity contribution in [2.24, 2.45) is 5.92 Å². The van der Waals surface area contributed by atoms with Crippen molar-refractivity contribution in [3.8, 4) is 0 Å². The number of sulfone groups is 1. The Balaban J connectivity index is 2.02. The van der Waals surface area contributed by atoms with Gasteiger partial charge in [-0.2, -0.15) is 0 Å².